The van der Waals surface area contributed by atoms with Crippen molar-refractivity contribution in [3.05, 3.63) is 188 Å². The summed E-state index contributed by atoms with van der Waals surface area (Å²) in [6.07, 6.45) is 0. The van der Waals surface area contributed by atoms with Crippen molar-refractivity contribution in [2.45, 2.75) is 0 Å². The molecule has 0 saturated heterocycles. The lowest BCUT2D eigenvalue weighted by Crippen LogP contribution is -2.01. The van der Waals surface area contributed by atoms with E-state index in [0.717, 1.165) is 78.0 Å². The fourth-order valence-electron chi connectivity index (χ4n) is 8.67. The molecule has 0 fully saturated rings. The first-order chi connectivity index (χ1) is 27.8. The highest BCUT2D eigenvalue weighted by Crippen LogP contribution is 2.42. The van der Waals surface area contributed by atoms with Crippen molar-refractivity contribution in [1.29, 1.82) is 0 Å². The van der Waals surface area contributed by atoms with E-state index in [0.29, 0.717) is 5.82 Å². The monoisotopic (exact) mass is 717 g/mol. The Kier molecular flexibility index (Phi) is 6.53. The summed E-state index contributed by atoms with van der Waals surface area (Å²) >= 11 is 0. The molecule has 6 heteroatoms. The molecule has 4 heterocycles. The van der Waals surface area contributed by atoms with Crippen LogP contribution in [0.25, 0.3) is 105 Å². The molecule has 6 nitrogen and oxygen atoms in total. The SMILES string of the molecule is c1ccc(-c2nc(-c3ccccc3)n(-c3ccc4c5ccccc5n(-c5cccc(-n6c7ccccc7c7c8c(ccc76)oc6ccccc68)c5)c4c3)n2)cc1. The summed E-state index contributed by atoms with van der Waals surface area (Å²) in [7, 11) is 0. The molecular weight excluding hydrogens is 687 g/mol. The minimum absolute atomic E-state index is 0.685. The molecular formula is C50H31N5O. The molecule has 4 aromatic heterocycles. The third-order valence-electron chi connectivity index (χ3n) is 11.1. The standard InChI is InChI=1S/C50H31N5O/c1-3-14-32(15-4-1)49-51-50(33-16-5-2-6-17-33)55(52-49)36-26-27-38-37-20-7-10-23-41(37)54(44(38)31-36)35-19-13-18-34(30-35)53-42-24-11-8-21-39(42)47-43(53)28-29-46-48(47)40-22-9-12-25-45(40)56-46/h1-31H. The van der Waals surface area contributed by atoms with E-state index in [9.17, 15) is 0 Å². The van der Waals surface area contributed by atoms with Crippen LogP contribution >= 0.6 is 0 Å². The van der Waals surface area contributed by atoms with Crippen molar-refractivity contribution >= 4 is 65.6 Å². The summed E-state index contributed by atoms with van der Waals surface area (Å²) in [5.74, 6) is 1.48. The van der Waals surface area contributed by atoms with Gasteiger partial charge in [0.25, 0.3) is 0 Å². The summed E-state index contributed by atoms with van der Waals surface area (Å²) in [4.78, 5) is 5.09. The molecule has 0 aliphatic carbocycles. The van der Waals surface area contributed by atoms with Gasteiger partial charge in [0.05, 0.1) is 27.8 Å². The zero-order valence-electron chi connectivity index (χ0n) is 30.0. The predicted molar refractivity (Wildman–Crippen MR) is 228 cm³/mol. The molecule has 0 saturated carbocycles. The summed E-state index contributed by atoms with van der Waals surface area (Å²) in [5.41, 5.74) is 11.4. The van der Waals surface area contributed by atoms with Crippen molar-refractivity contribution in [1.82, 2.24) is 23.9 Å². The number of rotatable bonds is 5. The van der Waals surface area contributed by atoms with Gasteiger partial charge in [-0.1, -0.05) is 127 Å². The second kappa shape index (κ2) is 11.9. The average Bonchev–Trinajstić information content (AvgIpc) is 4.03. The summed E-state index contributed by atoms with van der Waals surface area (Å²) < 4.78 is 13.1. The molecule has 0 spiro atoms. The largest absolute Gasteiger partial charge is 0.456 e. The van der Waals surface area contributed by atoms with Gasteiger partial charge in [0.15, 0.2) is 11.6 Å². The van der Waals surface area contributed by atoms with Crippen molar-refractivity contribution in [2.24, 2.45) is 0 Å². The van der Waals surface area contributed by atoms with E-state index in [-0.39, 0.29) is 0 Å². The number of fused-ring (bicyclic) bond motifs is 10. The van der Waals surface area contributed by atoms with Crippen LogP contribution in [-0.2, 0) is 0 Å². The van der Waals surface area contributed by atoms with E-state index < -0.39 is 0 Å². The molecule has 8 aromatic carbocycles. The van der Waals surface area contributed by atoms with Gasteiger partial charge in [-0.05, 0) is 60.7 Å². The second-order valence-corrected chi connectivity index (χ2v) is 14.3. The van der Waals surface area contributed by atoms with Gasteiger partial charge in [0.1, 0.15) is 11.2 Å². The van der Waals surface area contributed by atoms with Gasteiger partial charge < -0.3 is 13.6 Å². The molecule has 56 heavy (non-hydrogen) atoms. The van der Waals surface area contributed by atoms with Crippen LogP contribution in [-0.4, -0.2) is 23.9 Å². The van der Waals surface area contributed by atoms with Crippen molar-refractivity contribution in [2.75, 3.05) is 0 Å². The maximum atomic E-state index is 6.35. The normalized spacial score (nSPS) is 11.9. The summed E-state index contributed by atoms with van der Waals surface area (Å²) in [6, 6.07) is 66.0. The zero-order valence-corrected chi connectivity index (χ0v) is 30.0. The van der Waals surface area contributed by atoms with Crippen molar-refractivity contribution in [3.8, 4) is 39.8 Å². The van der Waals surface area contributed by atoms with Crippen LogP contribution in [0, 0.1) is 0 Å². The second-order valence-electron chi connectivity index (χ2n) is 14.3. The average molecular weight is 718 g/mol. The Morgan fingerprint density at radius 3 is 1.79 bits per heavy atom. The number of hydrogen-bond acceptors (Lipinski definition) is 3. The van der Waals surface area contributed by atoms with Gasteiger partial charge in [-0.15, -0.1) is 5.10 Å². The third kappa shape index (κ3) is 4.50. The van der Waals surface area contributed by atoms with E-state index in [1.165, 1.54) is 21.5 Å². The van der Waals surface area contributed by atoms with E-state index >= 15 is 0 Å². The molecule has 0 unspecified atom stereocenters. The van der Waals surface area contributed by atoms with E-state index in [1.807, 2.05) is 47.1 Å². The van der Waals surface area contributed by atoms with Crippen LogP contribution in [0.3, 0.4) is 0 Å². The smallest absolute Gasteiger partial charge is 0.182 e. The maximum absolute atomic E-state index is 6.35. The number of hydrogen-bond donors (Lipinski definition) is 0. The minimum Gasteiger partial charge on any atom is -0.456 e. The van der Waals surface area contributed by atoms with Crippen LogP contribution in [0.4, 0.5) is 0 Å². The number of benzene rings is 8. The first kappa shape index (κ1) is 30.7. The van der Waals surface area contributed by atoms with Crippen molar-refractivity contribution in [3.63, 3.8) is 0 Å². The van der Waals surface area contributed by atoms with Crippen molar-refractivity contribution < 1.29 is 4.42 Å². The summed E-state index contributed by atoms with van der Waals surface area (Å²) in [5, 5.41) is 12.2. The molecule has 0 radical (unpaired) electrons. The predicted octanol–water partition coefficient (Wildman–Crippen LogP) is 12.7. The first-order valence-electron chi connectivity index (χ1n) is 18.8. The lowest BCUT2D eigenvalue weighted by atomic mass is 10.1. The third-order valence-corrected chi connectivity index (χ3v) is 11.1. The number of aromatic nitrogens is 5. The Labute approximate surface area is 320 Å². The molecule has 0 aliphatic heterocycles. The van der Waals surface area contributed by atoms with Crippen LogP contribution < -0.4 is 0 Å². The minimum atomic E-state index is 0.685. The van der Waals surface area contributed by atoms with Gasteiger partial charge in [0, 0.05) is 54.8 Å². The Bertz CT molecular complexity index is 3480. The van der Waals surface area contributed by atoms with Gasteiger partial charge >= 0.3 is 0 Å². The maximum Gasteiger partial charge on any atom is 0.182 e. The Balaban J connectivity index is 1.09. The number of para-hydroxylation sites is 3. The number of nitrogens with zero attached hydrogens (tertiary/aromatic N) is 5. The van der Waals surface area contributed by atoms with Gasteiger partial charge in [0.2, 0.25) is 0 Å². The highest BCUT2D eigenvalue weighted by molar-refractivity contribution is 6.27. The lowest BCUT2D eigenvalue weighted by Gasteiger charge is -2.13. The van der Waals surface area contributed by atoms with E-state index in [1.54, 1.807) is 0 Å². The highest BCUT2D eigenvalue weighted by Gasteiger charge is 2.21. The van der Waals surface area contributed by atoms with Gasteiger partial charge in [-0.2, -0.15) is 0 Å². The summed E-state index contributed by atoms with van der Waals surface area (Å²) in [6.45, 7) is 0. The van der Waals surface area contributed by atoms with Crippen LogP contribution in [0.2, 0.25) is 0 Å². The lowest BCUT2D eigenvalue weighted by molar-refractivity contribution is 0.669. The Morgan fingerprint density at radius 1 is 0.375 bits per heavy atom. The molecule has 0 bridgehead atoms. The molecule has 262 valence electrons. The number of furan rings is 1. The first-order valence-corrected chi connectivity index (χ1v) is 18.8. The topological polar surface area (TPSA) is 53.7 Å². The van der Waals surface area contributed by atoms with Gasteiger partial charge in [-0.25, -0.2) is 9.67 Å². The van der Waals surface area contributed by atoms with E-state index in [2.05, 4.69) is 155 Å². The van der Waals surface area contributed by atoms with Crippen LogP contribution in [0.15, 0.2) is 192 Å². The van der Waals surface area contributed by atoms with E-state index in [4.69, 9.17) is 14.5 Å². The molecule has 0 amide bonds. The quantitative estimate of drug-likeness (QED) is 0.178. The molecule has 0 atom stereocenters. The molecule has 12 aromatic rings. The molecule has 0 N–H and O–H groups in total. The zero-order chi connectivity index (χ0) is 36.7. The molecule has 12 rings (SSSR count). The van der Waals surface area contributed by atoms with Gasteiger partial charge in [-0.3, -0.25) is 0 Å². The Morgan fingerprint density at radius 2 is 1.00 bits per heavy atom. The molecule has 0 aliphatic rings. The fourth-order valence-corrected chi connectivity index (χ4v) is 8.67. The van der Waals surface area contributed by atoms with Crippen LogP contribution in [0.1, 0.15) is 0 Å². The highest BCUT2D eigenvalue weighted by atomic mass is 16.3. The fraction of sp³-hybridized carbons (Fsp3) is 0. The Hall–Kier alpha value is -7.70. The van der Waals surface area contributed by atoms with Crippen LogP contribution in [0.5, 0.6) is 0 Å².